The van der Waals surface area contributed by atoms with Crippen molar-refractivity contribution in [3.8, 4) is 0 Å². The maximum absolute atomic E-state index is 4.91. The molecule has 0 radical (unpaired) electrons. The molecule has 0 atom stereocenters. The minimum atomic E-state index is 0.968. The van der Waals surface area contributed by atoms with Gasteiger partial charge in [0, 0.05) is 6.54 Å². The van der Waals surface area contributed by atoms with Crippen LogP contribution in [0.15, 0.2) is 0 Å². The first-order valence-corrected chi connectivity index (χ1v) is 3.48. The Kier molecular flexibility index (Phi) is 4.97. The van der Waals surface area contributed by atoms with Gasteiger partial charge in [0.25, 0.3) is 0 Å². The SMILES string of the molecule is CCCNC(=S)CC. The van der Waals surface area contributed by atoms with Crippen LogP contribution in [-0.4, -0.2) is 11.5 Å². The predicted octanol–water partition coefficient (Wildman–Crippen LogP) is 1.72. The molecule has 0 aromatic heterocycles. The van der Waals surface area contributed by atoms with Gasteiger partial charge < -0.3 is 5.32 Å². The van der Waals surface area contributed by atoms with Crippen LogP contribution in [0.25, 0.3) is 0 Å². The third-order valence-electron chi connectivity index (χ3n) is 0.893. The van der Waals surface area contributed by atoms with E-state index in [-0.39, 0.29) is 0 Å². The Bertz CT molecular complexity index is 70.9. The maximum Gasteiger partial charge on any atom is 0.0750 e. The van der Waals surface area contributed by atoms with E-state index in [0.717, 1.165) is 24.4 Å². The predicted molar refractivity (Wildman–Crippen MR) is 41.2 cm³/mol. The fourth-order valence-electron chi connectivity index (χ4n) is 0.389. The van der Waals surface area contributed by atoms with Gasteiger partial charge >= 0.3 is 0 Å². The van der Waals surface area contributed by atoms with Crippen LogP contribution in [0, 0.1) is 0 Å². The van der Waals surface area contributed by atoms with Gasteiger partial charge in [0.05, 0.1) is 4.99 Å². The zero-order valence-corrected chi connectivity index (χ0v) is 6.35. The Hall–Kier alpha value is -0.110. The normalized spacial score (nSPS) is 8.75. The van der Waals surface area contributed by atoms with Crippen LogP contribution in [0.1, 0.15) is 26.7 Å². The lowest BCUT2D eigenvalue weighted by Crippen LogP contribution is -2.20. The summed E-state index contributed by atoms with van der Waals surface area (Å²) >= 11 is 4.91. The first kappa shape index (κ1) is 7.89. The van der Waals surface area contributed by atoms with Crippen LogP contribution in [0.3, 0.4) is 0 Å². The fraction of sp³-hybridized carbons (Fsp3) is 0.833. The fourth-order valence-corrected chi connectivity index (χ4v) is 0.491. The summed E-state index contributed by atoms with van der Waals surface area (Å²) in [6.07, 6.45) is 2.12. The molecular formula is C6H13NS. The molecule has 0 spiro atoms. The molecular weight excluding hydrogens is 118 g/mol. The van der Waals surface area contributed by atoms with E-state index in [1.165, 1.54) is 0 Å². The molecule has 1 nitrogen and oxygen atoms in total. The molecule has 0 amide bonds. The number of hydrogen-bond donors (Lipinski definition) is 1. The van der Waals surface area contributed by atoms with Crippen LogP contribution < -0.4 is 5.32 Å². The van der Waals surface area contributed by atoms with E-state index < -0.39 is 0 Å². The summed E-state index contributed by atoms with van der Waals surface area (Å²) in [6, 6.07) is 0. The van der Waals surface area contributed by atoms with Gasteiger partial charge in [-0.05, 0) is 12.8 Å². The average Bonchev–Trinajstić information content (AvgIpc) is 1.83. The molecule has 0 bridgehead atoms. The summed E-state index contributed by atoms with van der Waals surface area (Å²) in [6.45, 7) is 5.21. The maximum atomic E-state index is 4.91. The van der Waals surface area contributed by atoms with E-state index in [1.807, 2.05) is 0 Å². The van der Waals surface area contributed by atoms with Crippen molar-refractivity contribution in [3.63, 3.8) is 0 Å². The minimum absolute atomic E-state index is 0.968. The van der Waals surface area contributed by atoms with E-state index in [4.69, 9.17) is 12.2 Å². The molecule has 2 heteroatoms. The van der Waals surface area contributed by atoms with E-state index >= 15 is 0 Å². The van der Waals surface area contributed by atoms with Crippen molar-refractivity contribution in [1.29, 1.82) is 0 Å². The van der Waals surface area contributed by atoms with Crippen molar-refractivity contribution in [3.05, 3.63) is 0 Å². The molecule has 1 N–H and O–H groups in total. The molecule has 0 unspecified atom stereocenters. The lowest BCUT2D eigenvalue weighted by atomic mass is 10.4. The summed E-state index contributed by atoms with van der Waals surface area (Å²) in [7, 11) is 0. The summed E-state index contributed by atoms with van der Waals surface area (Å²) < 4.78 is 0. The summed E-state index contributed by atoms with van der Waals surface area (Å²) in [5.74, 6) is 0. The van der Waals surface area contributed by atoms with Gasteiger partial charge in [-0.15, -0.1) is 0 Å². The summed E-state index contributed by atoms with van der Waals surface area (Å²) in [5, 5.41) is 3.11. The standard InChI is InChI=1S/C6H13NS/c1-3-5-7-6(8)4-2/h3-5H2,1-2H3,(H,7,8). The van der Waals surface area contributed by atoms with Gasteiger partial charge in [-0.25, -0.2) is 0 Å². The zero-order chi connectivity index (χ0) is 6.41. The van der Waals surface area contributed by atoms with Crippen LogP contribution in [0.5, 0.6) is 0 Å². The van der Waals surface area contributed by atoms with Crippen LogP contribution in [0.4, 0.5) is 0 Å². The molecule has 0 aromatic rings. The topological polar surface area (TPSA) is 12.0 Å². The Morgan fingerprint density at radius 2 is 2.12 bits per heavy atom. The highest BCUT2D eigenvalue weighted by Crippen LogP contribution is 1.79. The lowest BCUT2D eigenvalue weighted by Gasteiger charge is -2.00. The smallest absolute Gasteiger partial charge is 0.0750 e. The average molecular weight is 131 g/mol. The van der Waals surface area contributed by atoms with Crippen molar-refractivity contribution in [2.24, 2.45) is 0 Å². The van der Waals surface area contributed by atoms with Crippen LogP contribution >= 0.6 is 12.2 Å². The molecule has 0 aliphatic rings. The monoisotopic (exact) mass is 131 g/mol. The Labute approximate surface area is 56.5 Å². The third-order valence-corrected chi connectivity index (χ3v) is 1.33. The van der Waals surface area contributed by atoms with Gasteiger partial charge in [0.2, 0.25) is 0 Å². The Morgan fingerprint density at radius 3 is 2.50 bits per heavy atom. The highest BCUT2D eigenvalue weighted by atomic mass is 32.1. The van der Waals surface area contributed by atoms with E-state index in [0.29, 0.717) is 0 Å². The van der Waals surface area contributed by atoms with Crippen LogP contribution in [-0.2, 0) is 0 Å². The van der Waals surface area contributed by atoms with E-state index in [1.54, 1.807) is 0 Å². The number of rotatable bonds is 3. The van der Waals surface area contributed by atoms with Crippen molar-refractivity contribution in [1.82, 2.24) is 5.32 Å². The minimum Gasteiger partial charge on any atom is -0.380 e. The van der Waals surface area contributed by atoms with E-state index in [9.17, 15) is 0 Å². The van der Waals surface area contributed by atoms with Crippen molar-refractivity contribution in [2.75, 3.05) is 6.54 Å². The van der Waals surface area contributed by atoms with Gasteiger partial charge in [0.1, 0.15) is 0 Å². The lowest BCUT2D eigenvalue weighted by molar-refractivity contribution is 0.837. The largest absolute Gasteiger partial charge is 0.380 e. The molecule has 8 heavy (non-hydrogen) atoms. The van der Waals surface area contributed by atoms with Crippen molar-refractivity contribution < 1.29 is 0 Å². The zero-order valence-electron chi connectivity index (χ0n) is 5.53. The Morgan fingerprint density at radius 1 is 1.50 bits per heavy atom. The molecule has 0 heterocycles. The second-order valence-electron chi connectivity index (χ2n) is 1.70. The molecule has 0 fully saturated rings. The van der Waals surface area contributed by atoms with E-state index in [2.05, 4.69) is 19.2 Å². The molecule has 0 aliphatic heterocycles. The van der Waals surface area contributed by atoms with Gasteiger partial charge in [-0.2, -0.15) is 0 Å². The molecule has 0 aromatic carbocycles. The van der Waals surface area contributed by atoms with Gasteiger partial charge in [-0.1, -0.05) is 26.1 Å². The van der Waals surface area contributed by atoms with Crippen LogP contribution in [0.2, 0.25) is 0 Å². The summed E-state index contributed by atoms with van der Waals surface area (Å²) in [4.78, 5) is 0.979. The second-order valence-corrected chi connectivity index (χ2v) is 2.20. The summed E-state index contributed by atoms with van der Waals surface area (Å²) in [5.41, 5.74) is 0. The van der Waals surface area contributed by atoms with Gasteiger partial charge in [-0.3, -0.25) is 0 Å². The highest BCUT2D eigenvalue weighted by molar-refractivity contribution is 7.80. The first-order chi connectivity index (χ1) is 3.81. The molecule has 0 aliphatic carbocycles. The molecule has 0 saturated carbocycles. The number of thiocarbonyl (C=S) groups is 1. The number of nitrogens with one attached hydrogen (secondary N) is 1. The molecule has 0 saturated heterocycles. The number of hydrogen-bond acceptors (Lipinski definition) is 1. The first-order valence-electron chi connectivity index (χ1n) is 3.08. The third kappa shape index (κ3) is 4.06. The Balaban J connectivity index is 2.99. The second kappa shape index (κ2) is 5.04. The molecule has 0 rings (SSSR count). The quantitative estimate of drug-likeness (QED) is 0.585. The van der Waals surface area contributed by atoms with Crippen molar-refractivity contribution >= 4 is 17.2 Å². The molecule has 48 valence electrons. The van der Waals surface area contributed by atoms with Crippen molar-refractivity contribution in [2.45, 2.75) is 26.7 Å². The highest BCUT2D eigenvalue weighted by Gasteiger charge is 1.85. The van der Waals surface area contributed by atoms with Gasteiger partial charge in [0.15, 0.2) is 0 Å².